The second kappa shape index (κ2) is 10.0. The zero-order valence-electron chi connectivity index (χ0n) is 13.1. The number of hydrogen-bond donors (Lipinski definition) is 2. The Hall–Kier alpha value is -0.820. The minimum absolute atomic E-state index is 0.806. The maximum atomic E-state index is 5.94. The van der Waals surface area contributed by atoms with Gasteiger partial charge in [0.15, 0.2) is 5.96 Å². The van der Waals surface area contributed by atoms with Gasteiger partial charge in [-0.1, -0.05) is 11.6 Å². The number of nitrogens with zero attached hydrogens (tertiary/aromatic N) is 2. The molecule has 0 aromatic carbocycles. The number of morpholine rings is 1. The zero-order valence-corrected chi connectivity index (χ0v) is 14.7. The maximum Gasteiger partial charge on any atom is 0.191 e. The van der Waals surface area contributed by atoms with Gasteiger partial charge >= 0.3 is 0 Å². The Labute approximate surface area is 141 Å². The third-order valence-corrected chi connectivity index (χ3v) is 4.72. The van der Waals surface area contributed by atoms with Crippen LogP contribution in [0.3, 0.4) is 0 Å². The van der Waals surface area contributed by atoms with Crippen molar-refractivity contribution < 1.29 is 4.74 Å². The monoisotopic (exact) mass is 344 g/mol. The number of aliphatic imine (C=N–C) groups is 1. The van der Waals surface area contributed by atoms with Gasteiger partial charge in [0.1, 0.15) is 0 Å². The first-order chi connectivity index (χ1) is 10.8. The molecular formula is C15H25ClN4OS. The summed E-state index contributed by atoms with van der Waals surface area (Å²) in [5.74, 6) is 0.887. The van der Waals surface area contributed by atoms with E-state index in [-0.39, 0.29) is 0 Å². The minimum atomic E-state index is 0.806. The number of ether oxygens (including phenoxy) is 1. The Balaban J connectivity index is 1.69. The van der Waals surface area contributed by atoms with Crippen LogP contribution in [0.25, 0.3) is 0 Å². The lowest BCUT2D eigenvalue weighted by molar-refractivity contribution is 0.0394. The molecule has 2 heterocycles. The van der Waals surface area contributed by atoms with Crippen LogP contribution in [0.2, 0.25) is 4.34 Å². The summed E-state index contributed by atoms with van der Waals surface area (Å²) >= 11 is 7.58. The molecular weight excluding hydrogens is 320 g/mol. The van der Waals surface area contributed by atoms with E-state index in [0.29, 0.717) is 0 Å². The Morgan fingerprint density at radius 1 is 1.36 bits per heavy atom. The van der Waals surface area contributed by atoms with E-state index in [2.05, 4.69) is 33.5 Å². The Morgan fingerprint density at radius 2 is 2.18 bits per heavy atom. The molecule has 1 aromatic heterocycles. The Bertz CT molecular complexity index is 460. The maximum absolute atomic E-state index is 5.94. The van der Waals surface area contributed by atoms with Crippen LogP contribution in [0.15, 0.2) is 17.1 Å². The zero-order chi connectivity index (χ0) is 15.6. The molecule has 0 amide bonds. The van der Waals surface area contributed by atoms with Crippen LogP contribution in [0.4, 0.5) is 0 Å². The minimum Gasteiger partial charge on any atom is -0.379 e. The van der Waals surface area contributed by atoms with Crippen molar-refractivity contribution in [2.45, 2.75) is 13.3 Å². The molecule has 5 nitrogen and oxygen atoms in total. The SMILES string of the molecule is CCNC(=NCCN1CCOCC1)NCCc1ccc(Cl)s1. The molecule has 1 aliphatic heterocycles. The number of hydrogen-bond acceptors (Lipinski definition) is 4. The molecule has 22 heavy (non-hydrogen) atoms. The standard InChI is InChI=1S/C15H25ClN4OS/c1-2-17-15(18-6-5-13-3-4-14(16)22-13)19-7-8-20-9-11-21-12-10-20/h3-4H,2,5-12H2,1H3,(H2,17,18,19). The molecule has 0 aliphatic carbocycles. The van der Waals surface area contributed by atoms with E-state index < -0.39 is 0 Å². The summed E-state index contributed by atoms with van der Waals surface area (Å²) in [6.45, 7) is 9.31. The van der Waals surface area contributed by atoms with Gasteiger partial charge in [0.25, 0.3) is 0 Å². The van der Waals surface area contributed by atoms with Gasteiger partial charge in [0.05, 0.1) is 24.1 Å². The second-order valence-electron chi connectivity index (χ2n) is 5.10. The molecule has 1 fully saturated rings. The third-order valence-electron chi connectivity index (χ3n) is 3.43. The summed E-state index contributed by atoms with van der Waals surface area (Å²) < 4.78 is 6.20. The van der Waals surface area contributed by atoms with Gasteiger partial charge in [-0.2, -0.15) is 0 Å². The molecule has 7 heteroatoms. The van der Waals surface area contributed by atoms with Gasteiger partial charge < -0.3 is 15.4 Å². The van der Waals surface area contributed by atoms with Gasteiger partial charge in [0, 0.05) is 37.6 Å². The van der Waals surface area contributed by atoms with E-state index in [0.717, 1.165) is 69.2 Å². The molecule has 0 spiro atoms. The highest BCUT2D eigenvalue weighted by molar-refractivity contribution is 7.16. The van der Waals surface area contributed by atoms with E-state index in [1.54, 1.807) is 11.3 Å². The van der Waals surface area contributed by atoms with E-state index in [9.17, 15) is 0 Å². The van der Waals surface area contributed by atoms with E-state index in [1.165, 1.54) is 4.88 Å². The normalized spacial score (nSPS) is 16.7. The van der Waals surface area contributed by atoms with Gasteiger partial charge in [-0.25, -0.2) is 0 Å². The first-order valence-electron chi connectivity index (χ1n) is 7.84. The molecule has 0 unspecified atom stereocenters. The fraction of sp³-hybridized carbons (Fsp3) is 0.667. The summed E-state index contributed by atoms with van der Waals surface area (Å²) in [4.78, 5) is 8.32. The van der Waals surface area contributed by atoms with Crippen LogP contribution >= 0.6 is 22.9 Å². The fourth-order valence-electron chi connectivity index (χ4n) is 2.26. The highest BCUT2D eigenvalue weighted by Crippen LogP contribution is 2.21. The summed E-state index contributed by atoms with van der Waals surface area (Å²) in [5.41, 5.74) is 0. The van der Waals surface area contributed by atoms with Crippen molar-refractivity contribution in [3.05, 3.63) is 21.3 Å². The predicted molar refractivity (Wildman–Crippen MR) is 94.3 cm³/mol. The summed E-state index contributed by atoms with van der Waals surface area (Å²) in [7, 11) is 0. The molecule has 1 saturated heterocycles. The van der Waals surface area contributed by atoms with Gasteiger partial charge in [-0.05, 0) is 25.5 Å². The highest BCUT2D eigenvalue weighted by Gasteiger charge is 2.09. The molecule has 0 saturated carbocycles. The fourth-order valence-corrected chi connectivity index (χ4v) is 3.35. The summed E-state index contributed by atoms with van der Waals surface area (Å²) in [6, 6.07) is 4.03. The Kier molecular flexibility index (Phi) is 8.01. The van der Waals surface area contributed by atoms with Crippen LogP contribution < -0.4 is 10.6 Å². The van der Waals surface area contributed by atoms with Crippen LogP contribution in [0, 0.1) is 0 Å². The van der Waals surface area contributed by atoms with Crippen molar-refractivity contribution in [1.29, 1.82) is 0 Å². The topological polar surface area (TPSA) is 48.9 Å². The van der Waals surface area contributed by atoms with E-state index >= 15 is 0 Å². The van der Waals surface area contributed by atoms with Crippen molar-refractivity contribution in [3.8, 4) is 0 Å². The molecule has 0 radical (unpaired) electrons. The lowest BCUT2D eigenvalue weighted by Gasteiger charge is -2.25. The van der Waals surface area contributed by atoms with Crippen molar-refractivity contribution in [2.24, 2.45) is 4.99 Å². The summed E-state index contributed by atoms with van der Waals surface area (Å²) in [5, 5.41) is 6.66. The lowest BCUT2D eigenvalue weighted by Crippen LogP contribution is -2.40. The summed E-state index contributed by atoms with van der Waals surface area (Å²) in [6.07, 6.45) is 0.964. The predicted octanol–water partition coefficient (Wildman–Crippen LogP) is 1.83. The highest BCUT2D eigenvalue weighted by atomic mass is 35.5. The number of guanidine groups is 1. The second-order valence-corrected chi connectivity index (χ2v) is 6.90. The Morgan fingerprint density at radius 3 is 2.86 bits per heavy atom. The molecule has 0 bridgehead atoms. The van der Waals surface area contributed by atoms with Crippen LogP contribution in [0.1, 0.15) is 11.8 Å². The van der Waals surface area contributed by atoms with Crippen LogP contribution in [-0.2, 0) is 11.2 Å². The molecule has 1 aliphatic rings. The van der Waals surface area contributed by atoms with E-state index in [4.69, 9.17) is 16.3 Å². The average Bonchev–Trinajstić information content (AvgIpc) is 2.94. The van der Waals surface area contributed by atoms with Crippen molar-refractivity contribution in [2.75, 3.05) is 52.5 Å². The smallest absolute Gasteiger partial charge is 0.191 e. The number of thiophene rings is 1. The molecule has 1 aromatic rings. The molecule has 2 N–H and O–H groups in total. The van der Waals surface area contributed by atoms with Gasteiger partial charge in [-0.3, -0.25) is 9.89 Å². The van der Waals surface area contributed by atoms with Crippen LogP contribution in [-0.4, -0.2) is 63.3 Å². The third kappa shape index (κ3) is 6.52. The first-order valence-corrected chi connectivity index (χ1v) is 9.04. The molecule has 124 valence electrons. The molecule has 2 rings (SSSR count). The number of halogens is 1. The molecule has 0 atom stereocenters. The van der Waals surface area contributed by atoms with Crippen molar-refractivity contribution in [1.82, 2.24) is 15.5 Å². The number of rotatable bonds is 7. The van der Waals surface area contributed by atoms with Crippen molar-refractivity contribution in [3.63, 3.8) is 0 Å². The van der Waals surface area contributed by atoms with Crippen molar-refractivity contribution >= 4 is 28.9 Å². The van der Waals surface area contributed by atoms with Gasteiger partial charge in [-0.15, -0.1) is 11.3 Å². The largest absolute Gasteiger partial charge is 0.379 e. The number of nitrogens with one attached hydrogen (secondary N) is 2. The van der Waals surface area contributed by atoms with E-state index in [1.807, 2.05) is 6.07 Å². The van der Waals surface area contributed by atoms with Crippen LogP contribution in [0.5, 0.6) is 0 Å². The van der Waals surface area contributed by atoms with Gasteiger partial charge in [0.2, 0.25) is 0 Å². The first kappa shape index (κ1) is 17.5. The quantitative estimate of drug-likeness (QED) is 0.585. The lowest BCUT2D eigenvalue weighted by atomic mass is 10.3. The average molecular weight is 345 g/mol.